The van der Waals surface area contributed by atoms with Crippen LogP contribution in [0, 0.1) is 0 Å². The van der Waals surface area contributed by atoms with Crippen molar-refractivity contribution in [1.82, 2.24) is 15.4 Å². The Kier molecular flexibility index (Phi) is 5.12. The van der Waals surface area contributed by atoms with Gasteiger partial charge in [-0.05, 0) is 46.7 Å². The summed E-state index contributed by atoms with van der Waals surface area (Å²) in [6.07, 6.45) is 0. The Labute approximate surface area is 171 Å². The standard InChI is InChI=1S/C24H25N5/c1-28(2)19-13-9-17(10-14-19)23(18-11-15-20(16-12-18)29(3)4)24-21-7-5-6-8-22(21)25-27-26-24/h5-16,23H,1-4H3. The summed E-state index contributed by atoms with van der Waals surface area (Å²) in [5.74, 6) is -0.0252. The lowest BCUT2D eigenvalue weighted by Crippen LogP contribution is -2.12. The fraction of sp³-hybridized carbons (Fsp3) is 0.208. The van der Waals surface area contributed by atoms with E-state index in [4.69, 9.17) is 0 Å². The van der Waals surface area contributed by atoms with Crippen molar-refractivity contribution >= 4 is 22.3 Å². The van der Waals surface area contributed by atoms with Gasteiger partial charge in [0, 0.05) is 45.0 Å². The van der Waals surface area contributed by atoms with Crippen molar-refractivity contribution < 1.29 is 0 Å². The van der Waals surface area contributed by atoms with Crippen LogP contribution >= 0.6 is 0 Å². The second kappa shape index (κ2) is 7.87. The van der Waals surface area contributed by atoms with E-state index in [-0.39, 0.29) is 5.92 Å². The molecule has 0 fully saturated rings. The predicted molar refractivity (Wildman–Crippen MR) is 120 cm³/mol. The highest BCUT2D eigenvalue weighted by atomic mass is 15.3. The molecule has 4 rings (SSSR count). The molecule has 5 nitrogen and oxygen atoms in total. The molecule has 0 bridgehead atoms. The molecule has 0 amide bonds. The molecule has 1 heterocycles. The molecule has 0 aliphatic carbocycles. The highest BCUT2D eigenvalue weighted by molar-refractivity contribution is 5.81. The molecular formula is C24H25N5. The highest BCUT2D eigenvalue weighted by Crippen LogP contribution is 2.35. The molecule has 0 spiro atoms. The second-order valence-corrected chi connectivity index (χ2v) is 7.60. The topological polar surface area (TPSA) is 45.2 Å². The summed E-state index contributed by atoms with van der Waals surface area (Å²) in [5.41, 5.74) is 6.48. The van der Waals surface area contributed by atoms with E-state index in [0.29, 0.717) is 0 Å². The summed E-state index contributed by atoms with van der Waals surface area (Å²) < 4.78 is 0. The number of anilines is 2. The van der Waals surface area contributed by atoms with Crippen LogP contribution in [0.3, 0.4) is 0 Å². The van der Waals surface area contributed by atoms with Gasteiger partial charge in [0.05, 0.1) is 17.1 Å². The van der Waals surface area contributed by atoms with E-state index in [1.54, 1.807) is 0 Å². The van der Waals surface area contributed by atoms with Gasteiger partial charge in [-0.1, -0.05) is 42.5 Å². The van der Waals surface area contributed by atoms with Crippen LogP contribution in [0.15, 0.2) is 72.8 Å². The lowest BCUT2D eigenvalue weighted by atomic mass is 9.86. The maximum absolute atomic E-state index is 4.49. The van der Waals surface area contributed by atoms with Gasteiger partial charge in [0.1, 0.15) is 0 Å². The number of nitrogens with zero attached hydrogens (tertiary/aromatic N) is 5. The van der Waals surface area contributed by atoms with E-state index in [2.05, 4.69) is 79.8 Å². The first-order chi connectivity index (χ1) is 14.0. The molecule has 3 aromatic carbocycles. The molecule has 0 saturated heterocycles. The summed E-state index contributed by atoms with van der Waals surface area (Å²) in [6.45, 7) is 0. The zero-order chi connectivity index (χ0) is 20.4. The van der Waals surface area contributed by atoms with E-state index < -0.39 is 0 Å². The normalized spacial score (nSPS) is 11.1. The Morgan fingerprint density at radius 3 is 1.66 bits per heavy atom. The summed E-state index contributed by atoms with van der Waals surface area (Å²) in [6, 6.07) is 25.4. The average Bonchev–Trinajstić information content (AvgIpc) is 2.75. The van der Waals surface area contributed by atoms with Gasteiger partial charge in [0.25, 0.3) is 0 Å². The van der Waals surface area contributed by atoms with Crippen molar-refractivity contribution in [3.63, 3.8) is 0 Å². The monoisotopic (exact) mass is 383 g/mol. The molecule has 29 heavy (non-hydrogen) atoms. The van der Waals surface area contributed by atoms with Gasteiger partial charge in [0.15, 0.2) is 0 Å². The first kappa shape index (κ1) is 18.9. The number of hydrogen-bond donors (Lipinski definition) is 0. The highest BCUT2D eigenvalue weighted by Gasteiger charge is 2.22. The van der Waals surface area contributed by atoms with Gasteiger partial charge in [-0.25, -0.2) is 0 Å². The van der Waals surface area contributed by atoms with Gasteiger partial charge < -0.3 is 9.80 Å². The van der Waals surface area contributed by atoms with Crippen LogP contribution in [-0.2, 0) is 0 Å². The van der Waals surface area contributed by atoms with E-state index in [9.17, 15) is 0 Å². The van der Waals surface area contributed by atoms with Crippen LogP contribution in [0.5, 0.6) is 0 Å². The minimum absolute atomic E-state index is 0.0252. The second-order valence-electron chi connectivity index (χ2n) is 7.60. The quantitative estimate of drug-likeness (QED) is 0.513. The van der Waals surface area contributed by atoms with Crippen LogP contribution in [0.4, 0.5) is 11.4 Å². The predicted octanol–water partition coefficient (Wildman–Crippen LogP) is 4.34. The molecule has 0 aliphatic rings. The molecular weight excluding hydrogens is 358 g/mol. The fourth-order valence-electron chi connectivity index (χ4n) is 3.60. The maximum Gasteiger partial charge on any atom is 0.0966 e. The molecule has 5 heteroatoms. The van der Waals surface area contributed by atoms with Crippen molar-refractivity contribution in [3.8, 4) is 0 Å². The Morgan fingerprint density at radius 2 is 1.14 bits per heavy atom. The third kappa shape index (κ3) is 3.76. The summed E-state index contributed by atoms with van der Waals surface area (Å²) in [7, 11) is 8.20. The largest absolute Gasteiger partial charge is 0.378 e. The van der Waals surface area contributed by atoms with Gasteiger partial charge in [-0.3, -0.25) is 0 Å². The van der Waals surface area contributed by atoms with E-state index in [0.717, 1.165) is 16.6 Å². The number of hydrogen-bond acceptors (Lipinski definition) is 5. The molecule has 146 valence electrons. The lowest BCUT2D eigenvalue weighted by molar-refractivity contribution is 0.810. The minimum Gasteiger partial charge on any atom is -0.378 e. The Hall–Kier alpha value is -3.47. The number of fused-ring (bicyclic) bond motifs is 1. The van der Waals surface area contributed by atoms with Crippen molar-refractivity contribution in [2.24, 2.45) is 0 Å². The first-order valence-electron chi connectivity index (χ1n) is 9.67. The van der Waals surface area contributed by atoms with Crippen LogP contribution in [0.1, 0.15) is 22.7 Å². The lowest BCUT2D eigenvalue weighted by Gasteiger charge is -2.21. The van der Waals surface area contributed by atoms with Crippen LogP contribution in [0.2, 0.25) is 0 Å². The SMILES string of the molecule is CN(C)c1ccc(C(c2ccc(N(C)C)cc2)c2nnnc3ccccc23)cc1. The summed E-state index contributed by atoms with van der Waals surface area (Å²) in [4.78, 5) is 4.21. The fourth-order valence-corrected chi connectivity index (χ4v) is 3.60. The molecule has 0 unspecified atom stereocenters. The average molecular weight is 383 g/mol. The number of benzene rings is 3. The first-order valence-corrected chi connectivity index (χ1v) is 9.67. The Balaban J connectivity index is 1.89. The van der Waals surface area contributed by atoms with Crippen molar-refractivity contribution in [1.29, 1.82) is 0 Å². The summed E-state index contributed by atoms with van der Waals surface area (Å²) >= 11 is 0. The molecule has 0 radical (unpaired) electrons. The van der Waals surface area contributed by atoms with Gasteiger partial charge in [-0.15, -0.1) is 10.2 Å². The minimum atomic E-state index is -0.0252. The zero-order valence-corrected chi connectivity index (χ0v) is 17.2. The number of rotatable bonds is 5. The number of aromatic nitrogens is 3. The smallest absolute Gasteiger partial charge is 0.0966 e. The molecule has 0 aliphatic heterocycles. The van der Waals surface area contributed by atoms with Gasteiger partial charge in [-0.2, -0.15) is 0 Å². The van der Waals surface area contributed by atoms with Crippen LogP contribution in [0.25, 0.3) is 10.9 Å². The van der Waals surface area contributed by atoms with Crippen LogP contribution in [-0.4, -0.2) is 43.6 Å². The summed E-state index contributed by atoms with van der Waals surface area (Å²) in [5, 5.41) is 13.8. The van der Waals surface area contributed by atoms with Crippen molar-refractivity contribution in [3.05, 3.63) is 89.6 Å². The molecule has 0 saturated carbocycles. The van der Waals surface area contributed by atoms with Crippen molar-refractivity contribution in [2.45, 2.75) is 5.92 Å². The third-order valence-electron chi connectivity index (χ3n) is 5.24. The van der Waals surface area contributed by atoms with Crippen molar-refractivity contribution in [2.75, 3.05) is 38.0 Å². The zero-order valence-electron chi connectivity index (χ0n) is 17.2. The van der Waals surface area contributed by atoms with E-state index >= 15 is 0 Å². The van der Waals surface area contributed by atoms with E-state index in [1.807, 2.05) is 46.4 Å². The molecule has 1 aromatic heterocycles. The molecule has 0 N–H and O–H groups in total. The molecule has 4 aromatic rings. The Bertz CT molecular complexity index is 1050. The van der Waals surface area contributed by atoms with Gasteiger partial charge >= 0.3 is 0 Å². The van der Waals surface area contributed by atoms with E-state index in [1.165, 1.54) is 22.5 Å². The Morgan fingerprint density at radius 1 is 0.621 bits per heavy atom. The van der Waals surface area contributed by atoms with Crippen LogP contribution < -0.4 is 9.80 Å². The maximum atomic E-state index is 4.49. The third-order valence-corrected chi connectivity index (χ3v) is 5.24. The van der Waals surface area contributed by atoms with Gasteiger partial charge in [0.2, 0.25) is 0 Å². The molecule has 0 atom stereocenters.